The summed E-state index contributed by atoms with van der Waals surface area (Å²) in [5, 5.41) is 0. The molecule has 1 aliphatic heterocycles. The van der Waals surface area contributed by atoms with E-state index in [0.717, 1.165) is 31.6 Å². The quantitative estimate of drug-likeness (QED) is 0.660. The van der Waals surface area contributed by atoms with E-state index >= 15 is 0 Å². The molecule has 1 N–H and O–H groups in total. The number of nitrogens with one attached hydrogen (secondary N) is 1. The molecule has 0 amide bonds. The van der Waals surface area contributed by atoms with E-state index in [9.17, 15) is 12.8 Å². The second-order valence-corrected chi connectivity index (χ2v) is 9.07. The van der Waals surface area contributed by atoms with Gasteiger partial charge in [0, 0.05) is 24.7 Å². The van der Waals surface area contributed by atoms with E-state index < -0.39 is 16.7 Å². The van der Waals surface area contributed by atoms with Gasteiger partial charge >= 0.3 is 0 Å². The summed E-state index contributed by atoms with van der Waals surface area (Å²) in [6.45, 7) is 8.04. The van der Waals surface area contributed by atoms with Crippen molar-refractivity contribution in [2.45, 2.75) is 30.1 Å². The van der Waals surface area contributed by atoms with Crippen molar-refractivity contribution < 1.29 is 12.8 Å². The first-order valence-electron chi connectivity index (χ1n) is 9.55. The summed E-state index contributed by atoms with van der Waals surface area (Å²) in [7, 11) is -3.67. The SMILES string of the molecule is C=CCN1CCC(c2ccc(NS(=O)(=O)c3ccc([C@@H](C)CF)cc3)cc2)C1. The fourth-order valence-corrected chi connectivity index (χ4v) is 4.61. The van der Waals surface area contributed by atoms with Gasteiger partial charge in [-0.1, -0.05) is 37.3 Å². The minimum atomic E-state index is -3.67. The molecule has 2 aromatic carbocycles. The van der Waals surface area contributed by atoms with Crippen LogP contribution in [0.4, 0.5) is 10.1 Å². The molecule has 1 unspecified atom stereocenters. The Labute approximate surface area is 167 Å². The van der Waals surface area contributed by atoms with E-state index in [0.29, 0.717) is 11.6 Å². The van der Waals surface area contributed by atoms with Gasteiger partial charge in [-0.3, -0.25) is 14.0 Å². The third-order valence-corrected chi connectivity index (χ3v) is 6.68. The summed E-state index contributed by atoms with van der Waals surface area (Å²) in [5.74, 6) is 0.228. The Kier molecular flexibility index (Phi) is 6.52. The summed E-state index contributed by atoms with van der Waals surface area (Å²) in [4.78, 5) is 2.53. The van der Waals surface area contributed by atoms with Gasteiger partial charge in [-0.2, -0.15) is 0 Å². The topological polar surface area (TPSA) is 49.4 Å². The van der Waals surface area contributed by atoms with Gasteiger partial charge in [0.2, 0.25) is 0 Å². The molecule has 150 valence electrons. The number of nitrogens with zero attached hydrogens (tertiary/aromatic N) is 1. The standard InChI is InChI=1S/C22H27FN2O2S/c1-3-13-25-14-12-20(16-25)19-4-8-21(9-5-19)24-28(26,27)22-10-6-18(7-11-22)17(2)15-23/h3-11,17,20,24H,1,12-16H2,2H3/t17-,20?/m0/s1. The second kappa shape index (κ2) is 8.88. The van der Waals surface area contributed by atoms with E-state index in [1.165, 1.54) is 17.7 Å². The van der Waals surface area contributed by atoms with Gasteiger partial charge in [0.15, 0.2) is 0 Å². The fraction of sp³-hybridized carbons (Fsp3) is 0.364. The molecule has 1 heterocycles. The number of likely N-dealkylation sites (tertiary alicyclic amines) is 1. The fourth-order valence-electron chi connectivity index (χ4n) is 3.56. The molecule has 3 rings (SSSR count). The highest BCUT2D eigenvalue weighted by atomic mass is 32.2. The summed E-state index contributed by atoms with van der Waals surface area (Å²) in [5.41, 5.74) is 2.54. The third-order valence-electron chi connectivity index (χ3n) is 5.28. The molecular weight excluding hydrogens is 375 g/mol. The summed E-state index contributed by atoms with van der Waals surface area (Å²) >= 11 is 0. The van der Waals surface area contributed by atoms with Gasteiger partial charge in [-0.05, 0) is 54.3 Å². The number of hydrogen-bond donors (Lipinski definition) is 1. The van der Waals surface area contributed by atoms with Crippen LogP contribution in [-0.2, 0) is 10.0 Å². The van der Waals surface area contributed by atoms with Crippen LogP contribution in [0, 0.1) is 0 Å². The highest BCUT2D eigenvalue weighted by Crippen LogP contribution is 2.28. The van der Waals surface area contributed by atoms with Crippen LogP contribution in [0.5, 0.6) is 0 Å². The largest absolute Gasteiger partial charge is 0.299 e. The maximum Gasteiger partial charge on any atom is 0.261 e. The smallest absolute Gasteiger partial charge is 0.261 e. The van der Waals surface area contributed by atoms with Crippen molar-refractivity contribution >= 4 is 15.7 Å². The first-order chi connectivity index (χ1) is 13.4. The van der Waals surface area contributed by atoms with Crippen LogP contribution in [0.2, 0.25) is 0 Å². The lowest BCUT2D eigenvalue weighted by Crippen LogP contribution is -2.19. The van der Waals surface area contributed by atoms with Gasteiger partial charge in [0.05, 0.1) is 11.6 Å². The van der Waals surface area contributed by atoms with Crippen LogP contribution in [0.1, 0.15) is 36.3 Å². The second-order valence-electron chi connectivity index (χ2n) is 7.39. The normalized spacial score (nSPS) is 18.7. The van der Waals surface area contributed by atoms with Crippen LogP contribution < -0.4 is 4.72 Å². The minimum Gasteiger partial charge on any atom is -0.299 e. The number of sulfonamides is 1. The molecule has 2 aromatic rings. The number of benzene rings is 2. The van der Waals surface area contributed by atoms with Crippen molar-refractivity contribution in [3.05, 3.63) is 72.3 Å². The molecule has 1 fully saturated rings. The molecule has 0 radical (unpaired) electrons. The molecule has 0 spiro atoms. The lowest BCUT2D eigenvalue weighted by molar-refractivity contribution is 0.372. The average molecular weight is 403 g/mol. The van der Waals surface area contributed by atoms with Gasteiger partial charge in [-0.25, -0.2) is 8.42 Å². The highest BCUT2D eigenvalue weighted by Gasteiger charge is 2.23. The summed E-state index contributed by atoms with van der Waals surface area (Å²) in [6, 6.07) is 14.0. The molecule has 0 aliphatic carbocycles. The lowest BCUT2D eigenvalue weighted by Gasteiger charge is -2.14. The van der Waals surface area contributed by atoms with Crippen molar-refractivity contribution in [2.24, 2.45) is 0 Å². The van der Waals surface area contributed by atoms with Crippen molar-refractivity contribution in [2.75, 3.05) is 31.0 Å². The van der Waals surface area contributed by atoms with Crippen molar-refractivity contribution in [3.8, 4) is 0 Å². The van der Waals surface area contributed by atoms with Crippen LogP contribution in [-0.4, -0.2) is 39.6 Å². The molecular formula is C22H27FN2O2S. The van der Waals surface area contributed by atoms with E-state index in [-0.39, 0.29) is 10.8 Å². The molecule has 4 nitrogen and oxygen atoms in total. The van der Waals surface area contributed by atoms with E-state index in [1.54, 1.807) is 19.1 Å². The minimum absolute atomic E-state index is 0.169. The molecule has 1 aliphatic rings. The maximum atomic E-state index is 12.8. The van der Waals surface area contributed by atoms with Crippen molar-refractivity contribution in [3.63, 3.8) is 0 Å². The lowest BCUT2D eigenvalue weighted by atomic mass is 9.98. The summed E-state index contributed by atoms with van der Waals surface area (Å²) < 4.78 is 40.6. The average Bonchev–Trinajstić information content (AvgIpc) is 3.17. The van der Waals surface area contributed by atoms with E-state index in [4.69, 9.17) is 0 Å². The highest BCUT2D eigenvalue weighted by molar-refractivity contribution is 7.92. The Hall–Kier alpha value is -2.18. The third kappa shape index (κ3) is 4.80. The first kappa shape index (κ1) is 20.6. The zero-order valence-corrected chi connectivity index (χ0v) is 17.0. The number of alkyl halides is 1. The van der Waals surface area contributed by atoms with Gasteiger partial charge in [0.25, 0.3) is 10.0 Å². The predicted octanol–water partition coefficient (Wildman–Crippen LogP) is 4.54. The van der Waals surface area contributed by atoms with E-state index in [2.05, 4.69) is 16.2 Å². The number of halogens is 1. The van der Waals surface area contributed by atoms with E-state index in [1.807, 2.05) is 30.3 Å². The molecule has 2 atom stereocenters. The van der Waals surface area contributed by atoms with Crippen LogP contribution in [0.15, 0.2) is 66.1 Å². The zero-order chi connectivity index (χ0) is 20.1. The Balaban J connectivity index is 1.67. The zero-order valence-electron chi connectivity index (χ0n) is 16.1. The van der Waals surface area contributed by atoms with Crippen molar-refractivity contribution in [1.82, 2.24) is 4.90 Å². The Morgan fingerprint density at radius 2 is 1.89 bits per heavy atom. The van der Waals surface area contributed by atoms with Gasteiger partial charge in [-0.15, -0.1) is 6.58 Å². The monoisotopic (exact) mass is 402 g/mol. The molecule has 28 heavy (non-hydrogen) atoms. The van der Waals surface area contributed by atoms with Crippen molar-refractivity contribution in [1.29, 1.82) is 0 Å². The van der Waals surface area contributed by atoms with Crippen LogP contribution in [0.25, 0.3) is 0 Å². The van der Waals surface area contributed by atoms with Gasteiger partial charge in [0.1, 0.15) is 0 Å². The Bertz CT molecular complexity index is 895. The molecule has 0 saturated carbocycles. The first-order valence-corrected chi connectivity index (χ1v) is 11.0. The summed E-state index contributed by atoms with van der Waals surface area (Å²) in [6.07, 6.45) is 3.02. The molecule has 0 bridgehead atoms. The van der Waals surface area contributed by atoms with Crippen LogP contribution in [0.3, 0.4) is 0 Å². The maximum absolute atomic E-state index is 12.8. The molecule has 6 heteroatoms. The number of rotatable bonds is 8. The predicted molar refractivity (Wildman–Crippen MR) is 112 cm³/mol. The Morgan fingerprint density at radius 3 is 2.50 bits per heavy atom. The Morgan fingerprint density at radius 1 is 1.21 bits per heavy atom. The van der Waals surface area contributed by atoms with Crippen LogP contribution >= 0.6 is 0 Å². The molecule has 0 aromatic heterocycles. The number of hydrogen-bond acceptors (Lipinski definition) is 3. The molecule has 1 saturated heterocycles. The number of anilines is 1. The van der Waals surface area contributed by atoms with Gasteiger partial charge < -0.3 is 0 Å².